The molecule has 1 aliphatic heterocycles. The Bertz CT molecular complexity index is 688. The molecule has 0 saturated carbocycles. The second kappa shape index (κ2) is 6.39. The fourth-order valence-corrected chi connectivity index (χ4v) is 2.72. The molecule has 9 heteroatoms. The van der Waals surface area contributed by atoms with E-state index in [4.69, 9.17) is 4.52 Å². The molecule has 0 atom stereocenters. The van der Waals surface area contributed by atoms with Gasteiger partial charge in [-0.05, 0) is 19.9 Å². The van der Waals surface area contributed by atoms with Gasteiger partial charge in [0.2, 0.25) is 5.95 Å². The molecule has 2 aromatic heterocycles. The van der Waals surface area contributed by atoms with E-state index in [1.54, 1.807) is 4.90 Å². The van der Waals surface area contributed by atoms with Crippen LogP contribution in [0.1, 0.15) is 22.7 Å². The lowest BCUT2D eigenvalue weighted by Crippen LogP contribution is -2.46. The van der Waals surface area contributed by atoms with Crippen LogP contribution in [0.4, 0.5) is 19.1 Å². The van der Waals surface area contributed by atoms with Gasteiger partial charge in [0.25, 0.3) is 0 Å². The van der Waals surface area contributed by atoms with Gasteiger partial charge >= 0.3 is 6.18 Å². The molecule has 2 aromatic rings. The maximum atomic E-state index is 12.8. The zero-order chi connectivity index (χ0) is 17.3. The van der Waals surface area contributed by atoms with Gasteiger partial charge in [-0.25, -0.2) is 9.97 Å². The molecule has 3 rings (SSSR count). The molecule has 24 heavy (non-hydrogen) atoms. The van der Waals surface area contributed by atoms with Crippen LogP contribution in [0.2, 0.25) is 0 Å². The van der Waals surface area contributed by atoms with Crippen molar-refractivity contribution in [2.45, 2.75) is 26.6 Å². The number of hydrogen-bond donors (Lipinski definition) is 0. The molecule has 3 heterocycles. The number of piperazine rings is 1. The molecular weight excluding hydrogens is 323 g/mol. The third-order valence-corrected chi connectivity index (χ3v) is 4.15. The van der Waals surface area contributed by atoms with Crippen molar-refractivity contribution in [3.63, 3.8) is 0 Å². The first-order chi connectivity index (χ1) is 11.3. The standard InChI is InChI=1S/C15H18F3N5O/c1-10-12(11(2)24-21-10)9-22-5-7-23(8-6-22)14-19-4-3-13(20-14)15(16,17)18/h3-4H,5-9H2,1-2H3. The second-order valence-electron chi connectivity index (χ2n) is 5.81. The average Bonchev–Trinajstić information content (AvgIpc) is 2.87. The van der Waals surface area contributed by atoms with E-state index in [-0.39, 0.29) is 5.95 Å². The molecule has 0 aromatic carbocycles. The van der Waals surface area contributed by atoms with Gasteiger partial charge in [0.1, 0.15) is 11.5 Å². The number of anilines is 1. The smallest absolute Gasteiger partial charge is 0.361 e. The van der Waals surface area contributed by atoms with E-state index < -0.39 is 11.9 Å². The van der Waals surface area contributed by atoms with Gasteiger partial charge in [-0.2, -0.15) is 13.2 Å². The van der Waals surface area contributed by atoms with E-state index in [9.17, 15) is 13.2 Å². The minimum Gasteiger partial charge on any atom is -0.361 e. The summed E-state index contributed by atoms with van der Waals surface area (Å²) in [6.07, 6.45) is -3.30. The summed E-state index contributed by atoms with van der Waals surface area (Å²) in [5.41, 5.74) is 1.03. The van der Waals surface area contributed by atoms with Crippen LogP contribution < -0.4 is 4.90 Å². The number of hydrogen-bond acceptors (Lipinski definition) is 6. The van der Waals surface area contributed by atoms with Crippen LogP contribution in [0, 0.1) is 13.8 Å². The van der Waals surface area contributed by atoms with E-state index >= 15 is 0 Å². The van der Waals surface area contributed by atoms with Gasteiger partial charge in [0, 0.05) is 44.5 Å². The average molecular weight is 341 g/mol. The van der Waals surface area contributed by atoms with Gasteiger partial charge in [-0.1, -0.05) is 5.16 Å². The molecular formula is C15H18F3N5O. The van der Waals surface area contributed by atoms with Gasteiger partial charge in [-0.15, -0.1) is 0 Å². The summed E-state index contributed by atoms with van der Waals surface area (Å²) in [4.78, 5) is 11.6. The molecule has 0 N–H and O–H groups in total. The lowest BCUT2D eigenvalue weighted by Gasteiger charge is -2.34. The Kier molecular flexibility index (Phi) is 4.44. The fraction of sp³-hybridized carbons (Fsp3) is 0.533. The molecule has 0 unspecified atom stereocenters. The molecule has 1 fully saturated rings. The highest BCUT2D eigenvalue weighted by molar-refractivity contribution is 5.32. The van der Waals surface area contributed by atoms with Crippen LogP contribution in [-0.4, -0.2) is 46.2 Å². The number of aromatic nitrogens is 3. The zero-order valence-corrected chi connectivity index (χ0v) is 13.5. The van der Waals surface area contributed by atoms with E-state index in [1.165, 1.54) is 0 Å². The van der Waals surface area contributed by atoms with Crippen molar-refractivity contribution in [3.8, 4) is 0 Å². The van der Waals surface area contributed by atoms with E-state index in [2.05, 4.69) is 20.0 Å². The summed E-state index contributed by atoms with van der Waals surface area (Å²) in [7, 11) is 0. The lowest BCUT2D eigenvalue weighted by molar-refractivity contribution is -0.141. The van der Waals surface area contributed by atoms with E-state index in [0.29, 0.717) is 26.2 Å². The van der Waals surface area contributed by atoms with Crippen molar-refractivity contribution in [2.75, 3.05) is 31.1 Å². The lowest BCUT2D eigenvalue weighted by atomic mass is 10.2. The van der Waals surface area contributed by atoms with Crippen LogP contribution in [-0.2, 0) is 12.7 Å². The quantitative estimate of drug-likeness (QED) is 0.855. The highest BCUT2D eigenvalue weighted by atomic mass is 19.4. The number of nitrogens with zero attached hydrogens (tertiary/aromatic N) is 5. The van der Waals surface area contributed by atoms with Crippen LogP contribution in [0.5, 0.6) is 0 Å². The molecule has 130 valence electrons. The van der Waals surface area contributed by atoms with Crippen molar-refractivity contribution in [3.05, 3.63) is 35.0 Å². The van der Waals surface area contributed by atoms with Gasteiger partial charge in [0.05, 0.1) is 5.69 Å². The molecule has 0 spiro atoms. The summed E-state index contributed by atoms with van der Waals surface area (Å²) in [6.45, 7) is 7.07. The van der Waals surface area contributed by atoms with Gasteiger partial charge in [-0.3, -0.25) is 4.90 Å². The summed E-state index contributed by atoms with van der Waals surface area (Å²) < 4.78 is 43.4. The Labute approximate surface area is 137 Å². The zero-order valence-electron chi connectivity index (χ0n) is 13.5. The Morgan fingerprint density at radius 2 is 1.88 bits per heavy atom. The monoisotopic (exact) mass is 341 g/mol. The van der Waals surface area contributed by atoms with Crippen LogP contribution in [0.25, 0.3) is 0 Å². The Balaban J connectivity index is 1.63. The Morgan fingerprint density at radius 3 is 2.46 bits per heavy atom. The predicted octanol–water partition coefficient (Wildman–Crippen LogP) is 2.42. The topological polar surface area (TPSA) is 58.3 Å². The first-order valence-electron chi connectivity index (χ1n) is 7.64. The highest BCUT2D eigenvalue weighted by Crippen LogP contribution is 2.28. The summed E-state index contributed by atoms with van der Waals surface area (Å²) in [5.74, 6) is 0.929. The summed E-state index contributed by atoms with van der Waals surface area (Å²) in [5, 5.41) is 3.94. The SMILES string of the molecule is Cc1noc(C)c1CN1CCN(c2nccc(C(F)(F)F)n2)CC1. The van der Waals surface area contributed by atoms with Crippen molar-refractivity contribution >= 4 is 5.95 Å². The van der Waals surface area contributed by atoms with Crippen LogP contribution in [0.15, 0.2) is 16.8 Å². The van der Waals surface area contributed by atoms with Crippen molar-refractivity contribution in [1.82, 2.24) is 20.0 Å². The van der Waals surface area contributed by atoms with Crippen molar-refractivity contribution in [2.24, 2.45) is 0 Å². The molecule has 0 amide bonds. The van der Waals surface area contributed by atoms with Crippen LogP contribution >= 0.6 is 0 Å². The van der Waals surface area contributed by atoms with E-state index in [1.807, 2.05) is 13.8 Å². The Hall–Kier alpha value is -2.16. The maximum absolute atomic E-state index is 12.8. The molecule has 1 aliphatic rings. The minimum absolute atomic E-state index is 0.127. The maximum Gasteiger partial charge on any atom is 0.433 e. The Morgan fingerprint density at radius 1 is 1.17 bits per heavy atom. The van der Waals surface area contributed by atoms with E-state index in [0.717, 1.165) is 35.8 Å². The largest absolute Gasteiger partial charge is 0.433 e. The number of aryl methyl sites for hydroxylation is 2. The number of halogens is 3. The van der Waals surface area contributed by atoms with Gasteiger partial charge in [0.15, 0.2) is 0 Å². The fourth-order valence-electron chi connectivity index (χ4n) is 2.72. The van der Waals surface area contributed by atoms with Crippen molar-refractivity contribution in [1.29, 1.82) is 0 Å². The third kappa shape index (κ3) is 3.50. The molecule has 0 bridgehead atoms. The predicted molar refractivity (Wildman–Crippen MR) is 80.5 cm³/mol. The molecule has 0 aliphatic carbocycles. The highest BCUT2D eigenvalue weighted by Gasteiger charge is 2.33. The second-order valence-corrected chi connectivity index (χ2v) is 5.81. The normalized spacial score (nSPS) is 16.6. The number of alkyl halides is 3. The van der Waals surface area contributed by atoms with Crippen LogP contribution in [0.3, 0.4) is 0 Å². The first-order valence-corrected chi connectivity index (χ1v) is 7.64. The third-order valence-electron chi connectivity index (χ3n) is 4.15. The summed E-state index contributed by atoms with van der Waals surface area (Å²) >= 11 is 0. The van der Waals surface area contributed by atoms with Crippen molar-refractivity contribution < 1.29 is 17.7 Å². The summed E-state index contributed by atoms with van der Waals surface area (Å²) in [6, 6.07) is 0.886. The number of rotatable bonds is 3. The first kappa shape index (κ1) is 16.7. The van der Waals surface area contributed by atoms with Gasteiger partial charge < -0.3 is 9.42 Å². The molecule has 6 nitrogen and oxygen atoms in total. The molecule has 1 saturated heterocycles. The molecule has 0 radical (unpaired) electrons. The minimum atomic E-state index is -4.46.